The van der Waals surface area contributed by atoms with E-state index in [4.69, 9.17) is 11.6 Å². The lowest BCUT2D eigenvalue weighted by Gasteiger charge is -2.31. The van der Waals surface area contributed by atoms with Crippen molar-refractivity contribution in [3.63, 3.8) is 0 Å². The van der Waals surface area contributed by atoms with Crippen molar-refractivity contribution in [1.82, 2.24) is 10.2 Å². The van der Waals surface area contributed by atoms with Crippen LogP contribution in [0.4, 0.5) is 0 Å². The van der Waals surface area contributed by atoms with Crippen LogP contribution in [0.2, 0.25) is 5.02 Å². The minimum atomic E-state index is -0.0215. The first-order valence-corrected chi connectivity index (χ1v) is 6.84. The van der Waals surface area contributed by atoms with E-state index >= 15 is 0 Å². The predicted octanol–water partition coefficient (Wildman–Crippen LogP) is 2.57. The van der Waals surface area contributed by atoms with Crippen molar-refractivity contribution in [3.8, 4) is 0 Å². The number of nitrogens with one attached hydrogen (secondary N) is 1. The average molecular weight is 265 g/mol. The summed E-state index contributed by atoms with van der Waals surface area (Å²) in [5, 5.41) is 4.00. The number of benzene rings is 1. The van der Waals surface area contributed by atoms with Crippen molar-refractivity contribution < 1.29 is 4.79 Å². The molecule has 0 bridgehead atoms. The van der Waals surface area contributed by atoms with E-state index in [2.05, 4.69) is 12.2 Å². The first kappa shape index (κ1) is 12.0. The normalized spacial score (nSPS) is 25.6. The molecule has 18 heavy (non-hydrogen) atoms. The number of carbonyl (C=O) groups excluding carboxylic acids is 1. The minimum Gasteiger partial charge on any atom is -0.319 e. The highest BCUT2D eigenvalue weighted by Gasteiger charge is 2.41. The quantitative estimate of drug-likeness (QED) is 0.910. The summed E-state index contributed by atoms with van der Waals surface area (Å²) in [6.45, 7) is 2.58. The van der Waals surface area contributed by atoms with E-state index in [9.17, 15) is 4.79 Å². The molecule has 1 saturated heterocycles. The van der Waals surface area contributed by atoms with Crippen LogP contribution >= 0.6 is 11.6 Å². The zero-order valence-corrected chi connectivity index (χ0v) is 11.2. The lowest BCUT2D eigenvalue weighted by Crippen LogP contribution is -2.39. The Bertz CT molecular complexity index is 473. The van der Waals surface area contributed by atoms with Gasteiger partial charge >= 0.3 is 0 Å². The summed E-state index contributed by atoms with van der Waals surface area (Å²) >= 11 is 6.03. The monoisotopic (exact) mass is 264 g/mol. The molecule has 4 heteroatoms. The summed E-state index contributed by atoms with van der Waals surface area (Å²) < 4.78 is 0. The Kier molecular flexibility index (Phi) is 3.04. The Morgan fingerprint density at radius 3 is 2.89 bits per heavy atom. The third kappa shape index (κ3) is 2.13. The Morgan fingerprint density at radius 1 is 1.44 bits per heavy atom. The highest BCUT2D eigenvalue weighted by Crippen LogP contribution is 2.39. The standard InChI is InChI=1S/C14H17ClN2O/c1-9(10-5-6-10)17-13(18)8-16-14(17)11-3-2-4-12(15)7-11/h2-4,7,9-10,14,16H,5-6,8H2,1H3. The maximum atomic E-state index is 12.0. The maximum Gasteiger partial charge on any atom is 0.238 e. The molecule has 1 aliphatic carbocycles. The molecule has 1 saturated carbocycles. The lowest BCUT2D eigenvalue weighted by molar-refractivity contribution is -0.130. The second-order valence-electron chi connectivity index (χ2n) is 5.22. The number of hydrogen-bond acceptors (Lipinski definition) is 2. The number of amides is 1. The molecule has 1 amide bonds. The van der Waals surface area contributed by atoms with Crippen LogP contribution in [-0.4, -0.2) is 23.4 Å². The van der Waals surface area contributed by atoms with Gasteiger partial charge in [-0.2, -0.15) is 0 Å². The molecule has 96 valence electrons. The van der Waals surface area contributed by atoms with Gasteiger partial charge in [0.15, 0.2) is 0 Å². The van der Waals surface area contributed by atoms with Gasteiger partial charge in [-0.1, -0.05) is 23.7 Å². The molecule has 1 aromatic carbocycles. The molecule has 2 fully saturated rings. The molecule has 1 aromatic rings. The second kappa shape index (κ2) is 4.56. The van der Waals surface area contributed by atoms with Crippen molar-refractivity contribution in [1.29, 1.82) is 0 Å². The van der Waals surface area contributed by atoms with Crippen LogP contribution in [0.15, 0.2) is 24.3 Å². The number of hydrogen-bond donors (Lipinski definition) is 1. The molecule has 0 radical (unpaired) electrons. The van der Waals surface area contributed by atoms with E-state index in [0.717, 1.165) is 5.56 Å². The van der Waals surface area contributed by atoms with Crippen LogP contribution in [0.25, 0.3) is 0 Å². The molecule has 2 atom stereocenters. The van der Waals surface area contributed by atoms with E-state index < -0.39 is 0 Å². The molecule has 0 spiro atoms. The lowest BCUT2D eigenvalue weighted by atomic mass is 10.1. The third-order valence-electron chi connectivity index (χ3n) is 3.92. The average Bonchev–Trinajstić information content (AvgIpc) is 3.12. The summed E-state index contributed by atoms with van der Waals surface area (Å²) in [5.41, 5.74) is 1.07. The summed E-state index contributed by atoms with van der Waals surface area (Å²) in [4.78, 5) is 14.0. The molecule has 0 aromatic heterocycles. The summed E-state index contributed by atoms with van der Waals surface area (Å²) in [5.74, 6) is 0.870. The smallest absolute Gasteiger partial charge is 0.238 e. The Labute approximate surface area is 112 Å². The molecule has 1 aliphatic heterocycles. The zero-order chi connectivity index (χ0) is 12.7. The van der Waals surface area contributed by atoms with Gasteiger partial charge in [0.2, 0.25) is 5.91 Å². The zero-order valence-electron chi connectivity index (χ0n) is 10.4. The van der Waals surface area contributed by atoms with Crippen molar-refractivity contribution in [3.05, 3.63) is 34.9 Å². The van der Waals surface area contributed by atoms with Crippen molar-refractivity contribution in [2.24, 2.45) is 5.92 Å². The van der Waals surface area contributed by atoms with Crippen LogP contribution in [-0.2, 0) is 4.79 Å². The Balaban J connectivity index is 1.88. The van der Waals surface area contributed by atoms with Crippen LogP contribution in [0.1, 0.15) is 31.5 Å². The highest BCUT2D eigenvalue weighted by atomic mass is 35.5. The molecule has 3 rings (SSSR count). The van der Waals surface area contributed by atoms with E-state index in [1.807, 2.05) is 29.2 Å². The van der Waals surface area contributed by atoms with Gasteiger partial charge in [0.05, 0.1) is 6.54 Å². The molecule has 3 nitrogen and oxygen atoms in total. The van der Waals surface area contributed by atoms with Gasteiger partial charge < -0.3 is 4.90 Å². The molecular weight excluding hydrogens is 248 g/mol. The van der Waals surface area contributed by atoms with E-state index in [1.165, 1.54) is 12.8 Å². The third-order valence-corrected chi connectivity index (χ3v) is 4.16. The second-order valence-corrected chi connectivity index (χ2v) is 5.65. The molecule has 1 heterocycles. The highest BCUT2D eigenvalue weighted by molar-refractivity contribution is 6.30. The Morgan fingerprint density at radius 2 is 2.22 bits per heavy atom. The molecule has 2 unspecified atom stereocenters. The fourth-order valence-electron chi connectivity index (χ4n) is 2.74. The molecule has 1 N–H and O–H groups in total. The number of carbonyl (C=O) groups is 1. The van der Waals surface area contributed by atoms with Crippen LogP contribution in [0.3, 0.4) is 0 Å². The van der Waals surface area contributed by atoms with Gasteiger partial charge in [0, 0.05) is 11.1 Å². The number of halogens is 1. The Hall–Kier alpha value is -1.06. The van der Waals surface area contributed by atoms with Gasteiger partial charge in [-0.25, -0.2) is 0 Å². The van der Waals surface area contributed by atoms with E-state index in [-0.39, 0.29) is 12.1 Å². The van der Waals surface area contributed by atoms with Gasteiger partial charge in [0.1, 0.15) is 6.17 Å². The number of nitrogens with zero attached hydrogens (tertiary/aromatic N) is 1. The molecular formula is C14H17ClN2O. The fraction of sp³-hybridized carbons (Fsp3) is 0.500. The maximum absolute atomic E-state index is 12.0. The largest absolute Gasteiger partial charge is 0.319 e. The molecule has 2 aliphatic rings. The first-order chi connectivity index (χ1) is 8.66. The summed E-state index contributed by atoms with van der Waals surface area (Å²) in [7, 11) is 0. The van der Waals surface area contributed by atoms with Gasteiger partial charge in [-0.15, -0.1) is 0 Å². The fourth-order valence-corrected chi connectivity index (χ4v) is 2.94. The van der Waals surface area contributed by atoms with Crippen LogP contribution in [0, 0.1) is 5.92 Å². The number of rotatable bonds is 3. The summed E-state index contributed by atoms with van der Waals surface area (Å²) in [6, 6.07) is 8.06. The van der Waals surface area contributed by atoms with Gasteiger partial charge in [0.25, 0.3) is 0 Å². The van der Waals surface area contributed by atoms with E-state index in [0.29, 0.717) is 23.5 Å². The SMILES string of the molecule is CC(C1CC1)N1C(=O)CNC1c1cccc(Cl)c1. The van der Waals surface area contributed by atoms with Crippen LogP contribution < -0.4 is 5.32 Å². The van der Waals surface area contributed by atoms with Crippen LogP contribution in [0.5, 0.6) is 0 Å². The van der Waals surface area contributed by atoms with Crippen molar-refractivity contribution in [2.75, 3.05) is 6.54 Å². The minimum absolute atomic E-state index is 0.0215. The first-order valence-electron chi connectivity index (χ1n) is 6.47. The predicted molar refractivity (Wildman–Crippen MR) is 71.2 cm³/mol. The van der Waals surface area contributed by atoms with Gasteiger partial charge in [-0.3, -0.25) is 10.1 Å². The van der Waals surface area contributed by atoms with Gasteiger partial charge in [-0.05, 0) is 43.4 Å². The van der Waals surface area contributed by atoms with Crippen molar-refractivity contribution in [2.45, 2.75) is 32.0 Å². The van der Waals surface area contributed by atoms with E-state index in [1.54, 1.807) is 0 Å². The summed E-state index contributed by atoms with van der Waals surface area (Å²) in [6.07, 6.45) is 2.47. The topological polar surface area (TPSA) is 32.3 Å². The van der Waals surface area contributed by atoms with Crippen molar-refractivity contribution >= 4 is 17.5 Å².